The van der Waals surface area contributed by atoms with Crippen molar-refractivity contribution in [2.24, 2.45) is 5.92 Å². The lowest BCUT2D eigenvalue weighted by Gasteiger charge is -2.30. The average Bonchev–Trinajstić information content (AvgIpc) is 3.28. The Hall–Kier alpha value is -1.54. The Morgan fingerprint density at radius 2 is 1.94 bits per heavy atom. The van der Waals surface area contributed by atoms with Gasteiger partial charge >= 0.3 is 0 Å². The third kappa shape index (κ3) is 4.70. The standard InChI is InChI=1S/C26H32O5S2/c1-17(18-5-6-18)21-8-7-19-3-2-4-22(19)23(21)15-20(27)16-33(29,30)25-10-9-24(32-25)26(28)11-13-31-14-12-26/h7-10,17-18,28H,2-6,11-16H2,1H3/t17-/m0/s1. The fraction of sp³-hybridized carbons (Fsp3) is 0.577. The average molecular weight is 489 g/mol. The van der Waals surface area contributed by atoms with Crippen molar-refractivity contribution in [3.8, 4) is 0 Å². The summed E-state index contributed by atoms with van der Waals surface area (Å²) in [5.41, 5.74) is 3.89. The number of ketones is 1. The normalized spacial score (nSPS) is 21.0. The van der Waals surface area contributed by atoms with Gasteiger partial charge in [-0.25, -0.2) is 8.42 Å². The maximum absolute atomic E-state index is 13.1. The molecular weight excluding hydrogens is 456 g/mol. The van der Waals surface area contributed by atoms with E-state index in [0.29, 0.717) is 42.8 Å². The van der Waals surface area contributed by atoms with Gasteiger partial charge in [0.05, 0.1) is 0 Å². The van der Waals surface area contributed by atoms with Crippen LogP contribution >= 0.6 is 11.3 Å². The summed E-state index contributed by atoms with van der Waals surface area (Å²) in [5.74, 6) is 0.354. The number of ether oxygens (including phenoxy) is 1. The topological polar surface area (TPSA) is 80.7 Å². The number of carbonyl (C=O) groups excluding carboxylic acids is 1. The van der Waals surface area contributed by atoms with Gasteiger partial charge < -0.3 is 9.84 Å². The molecule has 178 valence electrons. The molecule has 0 unspecified atom stereocenters. The summed E-state index contributed by atoms with van der Waals surface area (Å²) in [5, 5.41) is 10.9. The molecule has 1 N–H and O–H groups in total. The Bertz CT molecular complexity index is 1150. The molecule has 3 aliphatic rings. The Morgan fingerprint density at radius 1 is 1.18 bits per heavy atom. The van der Waals surface area contributed by atoms with Crippen LogP contribution in [0.4, 0.5) is 0 Å². The van der Waals surface area contributed by atoms with E-state index in [1.165, 1.54) is 35.6 Å². The van der Waals surface area contributed by atoms with Crippen LogP contribution < -0.4 is 0 Å². The van der Waals surface area contributed by atoms with Gasteiger partial charge in [-0.05, 0) is 78.3 Å². The second kappa shape index (κ2) is 8.91. The Morgan fingerprint density at radius 3 is 2.67 bits per heavy atom. The third-order valence-corrected chi connectivity index (χ3v) is 11.2. The first kappa shape index (κ1) is 23.2. The van der Waals surface area contributed by atoms with E-state index < -0.39 is 21.2 Å². The minimum atomic E-state index is -3.75. The van der Waals surface area contributed by atoms with Crippen LogP contribution in [-0.4, -0.2) is 38.3 Å². The summed E-state index contributed by atoms with van der Waals surface area (Å²) in [6.07, 6.45) is 6.68. The fourth-order valence-electron chi connectivity index (χ4n) is 5.47. The fourth-order valence-corrected chi connectivity index (χ4v) is 8.25. The molecule has 1 saturated heterocycles. The highest BCUT2D eigenvalue weighted by atomic mass is 32.2. The first-order valence-corrected chi connectivity index (χ1v) is 14.5. The smallest absolute Gasteiger partial charge is 0.194 e. The molecule has 1 aromatic carbocycles. The van der Waals surface area contributed by atoms with Crippen molar-refractivity contribution < 1.29 is 23.1 Å². The predicted molar refractivity (Wildman–Crippen MR) is 129 cm³/mol. The monoisotopic (exact) mass is 488 g/mol. The van der Waals surface area contributed by atoms with Gasteiger partial charge in [0.2, 0.25) is 0 Å². The van der Waals surface area contributed by atoms with E-state index in [1.807, 2.05) is 0 Å². The molecule has 2 fully saturated rings. The van der Waals surface area contributed by atoms with Crippen LogP contribution in [0.15, 0.2) is 28.5 Å². The number of carbonyl (C=O) groups is 1. The van der Waals surface area contributed by atoms with Crippen molar-refractivity contribution in [3.05, 3.63) is 51.4 Å². The highest BCUT2D eigenvalue weighted by molar-refractivity contribution is 7.94. The molecule has 7 heteroatoms. The van der Waals surface area contributed by atoms with Crippen LogP contribution in [0.25, 0.3) is 0 Å². The Labute approximate surface area is 200 Å². The lowest BCUT2D eigenvalue weighted by Crippen LogP contribution is -2.32. The third-order valence-electron chi connectivity index (χ3n) is 7.65. The van der Waals surface area contributed by atoms with E-state index in [1.54, 1.807) is 6.07 Å². The molecule has 2 aromatic rings. The summed E-state index contributed by atoms with van der Waals surface area (Å²) >= 11 is 1.09. The SMILES string of the molecule is C[C@H](c1ccc2c(c1CC(=O)CS(=O)(=O)c1ccc(C3(O)CCOCC3)s1)CCC2)C1CC1. The maximum Gasteiger partial charge on any atom is 0.194 e. The summed E-state index contributed by atoms with van der Waals surface area (Å²) in [7, 11) is -3.75. The zero-order valence-corrected chi connectivity index (χ0v) is 20.8. The molecule has 1 aliphatic heterocycles. The molecule has 5 nitrogen and oxygen atoms in total. The highest BCUT2D eigenvalue weighted by Gasteiger charge is 2.35. The molecule has 0 amide bonds. The van der Waals surface area contributed by atoms with Gasteiger partial charge in [0, 0.05) is 37.4 Å². The number of rotatable bonds is 8. The van der Waals surface area contributed by atoms with Gasteiger partial charge in [0.25, 0.3) is 0 Å². The molecule has 1 atom stereocenters. The van der Waals surface area contributed by atoms with Crippen molar-refractivity contribution >= 4 is 27.0 Å². The van der Waals surface area contributed by atoms with E-state index in [2.05, 4.69) is 19.1 Å². The van der Waals surface area contributed by atoms with Crippen LogP contribution in [-0.2, 0) is 44.2 Å². The second-order valence-electron chi connectivity index (χ2n) is 9.99. The van der Waals surface area contributed by atoms with Gasteiger partial charge in [0.15, 0.2) is 15.6 Å². The summed E-state index contributed by atoms with van der Waals surface area (Å²) < 4.78 is 31.7. The molecule has 2 heterocycles. The van der Waals surface area contributed by atoms with Gasteiger partial charge in [-0.2, -0.15) is 0 Å². The number of benzene rings is 1. The minimum Gasteiger partial charge on any atom is -0.384 e. The van der Waals surface area contributed by atoms with E-state index >= 15 is 0 Å². The summed E-state index contributed by atoms with van der Waals surface area (Å²) in [6.45, 7) is 3.16. The minimum absolute atomic E-state index is 0.163. The first-order chi connectivity index (χ1) is 15.8. The number of aryl methyl sites for hydroxylation is 1. The van der Waals surface area contributed by atoms with Gasteiger partial charge in [-0.15, -0.1) is 11.3 Å². The molecule has 1 aromatic heterocycles. The van der Waals surface area contributed by atoms with Crippen molar-refractivity contribution in [1.29, 1.82) is 0 Å². The van der Waals surface area contributed by atoms with Crippen LogP contribution in [0.2, 0.25) is 0 Å². The Kier molecular flexibility index (Phi) is 6.27. The number of hydrogen-bond donors (Lipinski definition) is 1. The molecule has 0 spiro atoms. The first-order valence-electron chi connectivity index (χ1n) is 12.1. The largest absolute Gasteiger partial charge is 0.384 e. The molecule has 2 aliphatic carbocycles. The predicted octanol–water partition coefficient (Wildman–Crippen LogP) is 4.33. The Balaban J connectivity index is 1.35. The molecule has 0 radical (unpaired) electrons. The van der Waals surface area contributed by atoms with E-state index in [-0.39, 0.29) is 16.4 Å². The summed E-state index contributed by atoms with van der Waals surface area (Å²) in [4.78, 5) is 13.7. The van der Waals surface area contributed by atoms with Gasteiger partial charge in [0.1, 0.15) is 15.6 Å². The number of thiophene rings is 1. The van der Waals surface area contributed by atoms with Crippen LogP contribution in [0.5, 0.6) is 0 Å². The van der Waals surface area contributed by atoms with E-state index in [0.717, 1.165) is 36.2 Å². The van der Waals surface area contributed by atoms with Crippen molar-refractivity contribution in [1.82, 2.24) is 0 Å². The van der Waals surface area contributed by atoms with Crippen LogP contribution in [0.3, 0.4) is 0 Å². The van der Waals surface area contributed by atoms with Gasteiger partial charge in [-0.1, -0.05) is 19.1 Å². The van der Waals surface area contributed by atoms with Gasteiger partial charge in [-0.3, -0.25) is 4.79 Å². The van der Waals surface area contributed by atoms with Crippen molar-refractivity contribution in [2.45, 2.75) is 74.0 Å². The molecule has 33 heavy (non-hydrogen) atoms. The van der Waals surface area contributed by atoms with Crippen molar-refractivity contribution in [2.75, 3.05) is 19.0 Å². The molecular formula is C26H32O5S2. The van der Waals surface area contributed by atoms with E-state index in [9.17, 15) is 18.3 Å². The number of aliphatic hydroxyl groups is 1. The maximum atomic E-state index is 13.1. The summed E-state index contributed by atoms with van der Waals surface area (Å²) in [6, 6.07) is 7.63. The molecule has 5 rings (SSSR count). The zero-order chi connectivity index (χ0) is 23.2. The second-order valence-corrected chi connectivity index (χ2v) is 13.3. The van der Waals surface area contributed by atoms with Crippen LogP contribution in [0, 0.1) is 5.92 Å². The number of sulfone groups is 1. The van der Waals surface area contributed by atoms with Crippen molar-refractivity contribution in [3.63, 3.8) is 0 Å². The molecule has 1 saturated carbocycles. The lowest BCUT2D eigenvalue weighted by atomic mass is 9.86. The quantitative estimate of drug-likeness (QED) is 0.598. The lowest BCUT2D eigenvalue weighted by molar-refractivity contribution is -0.116. The van der Waals surface area contributed by atoms with Crippen LogP contribution in [0.1, 0.15) is 72.1 Å². The highest BCUT2D eigenvalue weighted by Crippen LogP contribution is 2.45. The number of hydrogen-bond acceptors (Lipinski definition) is 6. The number of Topliss-reactive ketones (excluding diaryl/α,β-unsaturated/α-hetero) is 1. The van der Waals surface area contributed by atoms with E-state index in [4.69, 9.17) is 4.74 Å². The number of fused-ring (bicyclic) bond motifs is 1. The zero-order valence-electron chi connectivity index (χ0n) is 19.1. The molecule has 0 bridgehead atoms.